The van der Waals surface area contributed by atoms with Gasteiger partial charge in [0.2, 0.25) is 0 Å². The van der Waals surface area contributed by atoms with Gasteiger partial charge in [0.25, 0.3) is 0 Å². The number of ether oxygens (including phenoxy) is 2. The zero-order chi connectivity index (χ0) is 24.3. The first-order chi connectivity index (χ1) is 16.2. The lowest BCUT2D eigenvalue weighted by atomic mass is 10.0. The molecule has 0 aliphatic carbocycles. The Bertz CT molecular complexity index is 1280. The SMILES string of the molecule is COc1ccc(Cn2nnc(C(=O)O)c2-c2ccc(-c3ccc(OC(F)(F)F)cc3)cc2)cc1. The second-order valence-corrected chi connectivity index (χ2v) is 7.25. The molecular weight excluding hydrogens is 451 g/mol. The van der Waals surface area contributed by atoms with Crippen LogP contribution in [0.5, 0.6) is 11.5 Å². The number of hydrogen-bond donors (Lipinski definition) is 1. The summed E-state index contributed by atoms with van der Waals surface area (Å²) in [4.78, 5) is 11.7. The number of aromatic carboxylic acids is 1. The fourth-order valence-corrected chi connectivity index (χ4v) is 3.43. The van der Waals surface area contributed by atoms with Gasteiger partial charge in [-0.3, -0.25) is 0 Å². The first-order valence-electron chi connectivity index (χ1n) is 10.00. The van der Waals surface area contributed by atoms with E-state index >= 15 is 0 Å². The van der Waals surface area contributed by atoms with Crippen LogP contribution in [0, 0.1) is 0 Å². The topological polar surface area (TPSA) is 86.5 Å². The lowest BCUT2D eigenvalue weighted by Gasteiger charge is -2.11. The number of benzene rings is 3. The number of aromatic nitrogens is 3. The molecule has 0 unspecified atom stereocenters. The minimum absolute atomic E-state index is 0.185. The van der Waals surface area contributed by atoms with Gasteiger partial charge in [0.15, 0.2) is 5.69 Å². The maximum absolute atomic E-state index is 12.4. The molecule has 1 aromatic heterocycles. The van der Waals surface area contributed by atoms with Crippen LogP contribution < -0.4 is 9.47 Å². The summed E-state index contributed by atoms with van der Waals surface area (Å²) in [6.45, 7) is 0.294. The average Bonchev–Trinajstić information content (AvgIpc) is 3.23. The molecule has 7 nitrogen and oxygen atoms in total. The Morgan fingerprint density at radius 1 is 0.882 bits per heavy atom. The van der Waals surface area contributed by atoms with Crippen molar-refractivity contribution in [2.45, 2.75) is 12.9 Å². The molecular formula is C24H18F3N3O4. The highest BCUT2D eigenvalue weighted by Gasteiger charge is 2.31. The molecule has 0 saturated carbocycles. The van der Waals surface area contributed by atoms with E-state index in [1.807, 2.05) is 12.1 Å². The molecule has 0 aliphatic rings. The van der Waals surface area contributed by atoms with Crippen LogP contribution in [0.2, 0.25) is 0 Å². The molecule has 1 heterocycles. The Hall–Kier alpha value is -4.34. The van der Waals surface area contributed by atoms with Crippen LogP contribution in [0.15, 0.2) is 72.8 Å². The van der Waals surface area contributed by atoms with Crippen LogP contribution >= 0.6 is 0 Å². The molecule has 3 aromatic carbocycles. The molecule has 10 heteroatoms. The Morgan fingerprint density at radius 2 is 1.41 bits per heavy atom. The minimum Gasteiger partial charge on any atom is -0.497 e. The predicted molar refractivity (Wildman–Crippen MR) is 117 cm³/mol. The van der Waals surface area contributed by atoms with Crippen LogP contribution in [-0.4, -0.2) is 39.5 Å². The molecule has 0 fully saturated rings. The van der Waals surface area contributed by atoms with E-state index in [4.69, 9.17) is 4.74 Å². The number of alkyl halides is 3. The number of carboxylic acids is 1. The van der Waals surface area contributed by atoms with E-state index in [9.17, 15) is 23.1 Å². The number of hydrogen-bond acceptors (Lipinski definition) is 5. The summed E-state index contributed by atoms with van der Waals surface area (Å²) >= 11 is 0. The predicted octanol–water partition coefficient (Wildman–Crippen LogP) is 5.27. The van der Waals surface area contributed by atoms with Gasteiger partial charge < -0.3 is 14.6 Å². The van der Waals surface area contributed by atoms with Crippen LogP contribution in [0.1, 0.15) is 16.1 Å². The summed E-state index contributed by atoms with van der Waals surface area (Å²) in [6, 6.07) is 19.7. The van der Waals surface area contributed by atoms with Crippen LogP contribution in [0.4, 0.5) is 13.2 Å². The second-order valence-electron chi connectivity index (χ2n) is 7.25. The van der Waals surface area contributed by atoms with Gasteiger partial charge in [0.1, 0.15) is 17.2 Å². The molecule has 0 amide bonds. The fraction of sp³-hybridized carbons (Fsp3) is 0.125. The third-order valence-corrected chi connectivity index (χ3v) is 5.01. The van der Waals surface area contributed by atoms with Crippen molar-refractivity contribution in [2.24, 2.45) is 0 Å². The summed E-state index contributed by atoms with van der Waals surface area (Å²) in [6.07, 6.45) is -4.76. The van der Waals surface area contributed by atoms with E-state index in [0.29, 0.717) is 29.1 Å². The summed E-state index contributed by atoms with van der Waals surface area (Å²) in [7, 11) is 1.57. The van der Waals surface area contributed by atoms with Gasteiger partial charge in [-0.2, -0.15) is 0 Å². The maximum atomic E-state index is 12.4. The first kappa shape index (κ1) is 22.8. The van der Waals surface area contributed by atoms with E-state index in [1.165, 1.54) is 28.9 Å². The molecule has 0 atom stereocenters. The van der Waals surface area contributed by atoms with E-state index < -0.39 is 12.3 Å². The standard InChI is InChI=1S/C24H18F3N3O4/c1-33-19-10-2-15(3-11-19)14-30-22(21(23(31)32)28-29-30)18-6-4-16(5-7-18)17-8-12-20(13-9-17)34-24(25,26)27/h2-13H,14H2,1H3,(H,31,32). The minimum atomic E-state index is -4.76. The third kappa shape index (κ3) is 5.17. The molecule has 0 spiro atoms. The van der Waals surface area contributed by atoms with Crippen molar-refractivity contribution < 1.29 is 32.5 Å². The summed E-state index contributed by atoms with van der Waals surface area (Å²) in [5.41, 5.74) is 3.01. The van der Waals surface area contributed by atoms with Gasteiger partial charge in [0, 0.05) is 5.56 Å². The lowest BCUT2D eigenvalue weighted by Crippen LogP contribution is -2.16. The molecule has 4 aromatic rings. The summed E-state index contributed by atoms with van der Waals surface area (Å²) in [5, 5.41) is 17.4. The summed E-state index contributed by atoms with van der Waals surface area (Å²) < 4.78 is 47.6. The van der Waals surface area contributed by atoms with E-state index in [2.05, 4.69) is 15.0 Å². The number of carboxylic acid groups (broad SMARTS) is 1. The van der Waals surface area contributed by atoms with Crippen molar-refractivity contribution >= 4 is 5.97 Å². The largest absolute Gasteiger partial charge is 0.573 e. The lowest BCUT2D eigenvalue weighted by molar-refractivity contribution is -0.274. The normalized spacial score (nSPS) is 11.3. The molecule has 174 valence electrons. The first-order valence-corrected chi connectivity index (χ1v) is 10.00. The Labute approximate surface area is 192 Å². The van der Waals surface area contributed by atoms with Gasteiger partial charge in [-0.25, -0.2) is 9.48 Å². The fourth-order valence-electron chi connectivity index (χ4n) is 3.43. The van der Waals surface area contributed by atoms with Crippen LogP contribution in [0.25, 0.3) is 22.4 Å². The monoisotopic (exact) mass is 469 g/mol. The van der Waals surface area contributed by atoms with Gasteiger partial charge in [-0.15, -0.1) is 18.3 Å². The Kier molecular flexibility index (Phi) is 6.22. The highest BCUT2D eigenvalue weighted by atomic mass is 19.4. The van der Waals surface area contributed by atoms with Gasteiger partial charge >= 0.3 is 12.3 Å². The van der Waals surface area contributed by atoms with E-state index in [-0.39, 0.29) is 11.4 Å². The zero-order valence-electron chi connectivity index (χ0n) is 17.8. The summed E-state index contributed by atoms with van der Waals surface area (Å²) in [5.74, 6) is -0.824. The molecule has 4 rings (SSSR count). The van der Waals surface area contributed by atoms with Crippen molar-refractivity contribution in [1.82, 2.24) is 15.0 Å². The number of methoxy groups -OCH3 is 1. The second kappa shape index (κ2) is 9.26. The molecule has 0 saturated heterocycles. The van der Waals surface area contributed by atoms with Crippen molar-refractivity contribution in [3.63, 3.8) is 0 Å². The van der Waals surface area contributed by atoms with Gasteiger partial charge in [-0.05, 0) is 41.0 Å². The Morgan fingerprint density at radius 3 is 1.94 bits per heavy atom. The third-order valence-electron chi connectivity index (χ3n) is 5.01. The zero-order valence-corrected chi connectivity index (χ0v) is 17.8. The Balaban J connectivity index is 1.61. The molecule has 0 bridgehead atoms. The average molecular weight is 469 g/mol. The van der Waals surface area contributed by atoms with Crippen molar-refractivity contribution in [3.8, 4) is 33.9 Å². The molecule has 34 heavy (non-hydrogen) atoms. The highest BCUT2D eigenvalue weighted by molar-refractivity contribution is 5.92. The van der Waals surface area contributed by atoms with Crippen molar-refractivity contribution in [2.75, 3.05) is 7.11 Å². The smallest absolute Gasteiger partial charge is 0.497 e. The number of nitrogens with zero attached hydrogens (tertiary/aromatic N) is 3. The van der Waals surface area contributed by atoms with Crippen LogP contribution in [0.3, 0.4) is 0 Å². The van der Waals surface area contributed by atoms with E-state index in [0.717, 1.165) is 11.1 Å². The number of rotatable bonds is 7. The number of carbonyl (C=O) groups is 1. The van der Waals surface area contributed by atoms with Crippen molar-refractivity contribution in [1.29, 1.82) is 0 Å². The molecule has 0 radical (unpaired) electrons. The highest BCUT2D eigenvalue weighted by Crippen LogP contribution is 2.29. The van der Waals surface area contributed by atoms with Crippen molar-refractivity contribution in [3.05, 3.63) is 84.1 Å². The quantitative estimate of drug-likeness (QED) is 0.397. The van der Waals surface area contributed by atoms with Gasteiger partial charge in [-0.1, -0.05) is 53.7 Å². The maximum Gasteiger partial charge on any atom is 0.573 e. The van der Waals surface area contributed by atoms with Crippen LogP contribution in [-0.2, 0) is 6.54 Å². The molecule has 0 aliphatic heterocycles. The van der Waals surface area contributed by atoms with E-state index in [1.54, 1.807) is 43.5 Å². The van der Waals surface area contributed by atoms with Gasteiger partial charge in [0.05, 0.1) is 13.7 Å². The molecule has 1 N–H and O–H groups in total. The number of halogens is 3.